The summed E-state index contributed by atoms with van der Waals surface area (Å²) in [5.74, 6) is 3.04. The van der Waals surface area contributed by atoms with Crippen LogP contribution in [0.25, 0.3) is 0 Å². The zero-order chi connectivity index (χ0) is 25.2. The molecule has 2 fully saturated rings. The number of para-hydroxylation sites is 1. The Labute approximate surface area is 205 Å². The van der Waals surface area contributed by atoms with Gasteiger partial charge < -0.3 is 19.7 Å². The zero-order valence-electron chi connectivity index (χ0n) is 20.6. The van der Waals surface area contributed by atoms with Crippen molar-refractivity contribution in [3.05, 3.63) is 59.7 Å². The first-order valence-electron chi connectivity index (χ1n) is 11.8. The molecule has 2 saturated heterocycles. The van der Waals surface area contributed by atoms with Crippen molar-refractivity contribution in [2.75, 3.05) is 39.9 Å². The predicted octanol–water partition coefficient (Wildman–Crippen LogP) is 3.67. The molecule has 0 bridgehead atoms. The number of rotatable bonds is 6. The molecule has 2 aromatic rings. The number of terminal acetylenes is 2. The molecule has 0 spiro atoms. The predicted molar refractivity (Wildman–Crippen MR) is 139 cm³/mol. The van der Waals surface area contributed by atoms with Crippen LogP contribution in [0.1, 0.15) is 49.1 Å². The molecule has 0 radical (unpaired) electrons. The Morgan fingerprint density at radius 1 is 0.971 bits per heavy atom. The summed E-state index contributed by atoms with van der Waals surface area (Å²) in [6, 6.07) is 16.8. The number of carbonyl (C=O) groups is 1. The molecule has 1 atom stereocenters. The molecule has 0 aliphatic carbocycles. The van der Waals surface area contributed by atoms with Crippen molar-refractivity contribution in [1.29, 1.82) is 0 Å². The van der Waals surface area contributed by atoms with Gasteiger partial charge in [0.05, 0.1) is 26.8 Å². The van der Waals surface area contributed by atoms with E-state index in [1.54, 1.807) is 7.11 Å². The summed E-state index contributed by atoms with van der Waals surface area (Å²) < 4.78 is 11.1. The second-order valence-corrected chi connectivity index (χ2v) is 7.94. The Hall–Kier alpha value is -3.41. The highest BCUT2D eigenvalue weighted by Gasteiger charge is 2.25. The molecule has 2 heterocycles. The number of quaternary nitrogens is 1. The molecule has 34 heavy (non-hydrogen) atoms. The van der Waals surface area contributed by atoms with Crippen LogP contribution >= 0.6 is 0 Å². The van der Waals surface area contributed by atoms with E-state index >= 15 is 0 Å². The Morgan fingerprint density at radius 3 is 2.18 bits per heavy atom. The molecule has 2 aliphatic rings. The maximum Gasteiger partial charge on any atom is 0.209 e. The Kier molecular flexibility index (Phi) is 14.4. The van der Waals surface area contributed by atoms with E-state index in [-0.39, 0.29) is 0 Å². The lowest BCUT2D eigenvalue weighted by molar-refractivity contribution is -0.636. The Balaban J connectivity index is 0.000000299. The molecule has 2 aliphatic heterocycles. The average Bonchev–Trinajstić information content (AvgIpc) is 3.47. The van der Waals surface area contributed by atoms with Crippen LogP contribution in [0.3, 0.4) is 0 Å². The summed E-state index contributed by atoms with van der Waals surface area (Å²) in [5, 5.41) is 2.36. The highest BCUT2D eigenvalue weighted by molar-refractivity contribution is 5.48. The number of carbonyl (C=O) groups excluding carboxylic acids is 1. The molecule has 5 heteroatoms. The lowest BCUT2D eigenvalue weighted by Crippen LogP contribution is -2.81. The summed E-state index contributed by atoms with van der Waals surface area (Å²) in [5.41, 5.74) is 2.72. The first kappa shape index (κ1) is 28.6. The number of methoxy groups -OCH3 is 1. The second-order valence-electron chi connectivity index (χ2n) is 7.94. The van der Waals surface area contributed by atoms with Crippen molar-refractivity contribution < 1.29 is 19.6 Å². The number of ether oxygens (including phenoxy) is 2. The third kappa shape index (κ3) is 8.50. The van der Waals surface area contributed by atoms with Crippen molar-refractivity contribution in [2.24, 2.45) is 0 Å². The van der Waals surface area contributed by atoms with Gasteiger partial charge in [0.2, 0.25) is 6.41 Å². The monoisotopic (exact) mass is 463 g/mol. The molecule has 2 N–H and O–H groups in total. The minimum Gasteiger partial charge on any atom is -0.493 e. The van der Waals surface area contributed by atoms with Gasteiger partial charge in [-0.1, -0.05) is 42.5 Å². The number of piperidine rings is 1. The fourth-order valence-corrected chi connectivity index (χ4v) is 4.42. The van der Waals surface area contributed by atoms with Gasteiger partial charge in [0.1, 0.15) is 0 Å². The molecule has 0 saturated carbocycles. The third-order valence-corrected chi connectivity index (χ3v) is 6.08. The van der Waals surface area contributed by atoms with E-state index in [0.29, 0.717) is 18.4 Å². The Morgan fingerprint density at radius 2 is 1.65 bits per heavy atom. The van der Waals surface area contributed by atoms with Crippen molar-refractivity contribution in [2.45, 2.75) is 38.0 Å². The first-order chi connectivity index (χ1) is 16.8. The SMILES string of the molecule is C#C.C#C.CCOc1c(OC)cccc1[C@H]1CC[NH2+]C1.O=CN1CCC(c2ccccc2)CC1. The van der Waals surface area contributed by atoms with Crippen molar-refractivity contribution in [3.8, 4) is 37.2 Å². The van der Waals surface area contributed by atoms with Gasteiger partial charge >= 0.3 is 0 Å². The van der Waals surface area contributed by atoms with Gasteiger partial charge in [0.25, 0.3) is 0 Å². The molecule has 2 aromatic carbocycles. The lowest BCUT2D eigenvalue weighted by Gasteiger charge is -2.29. The number of nitrogens with two attached hydrogens (primary N) is 1. The quantitative estimate of drug-likeness (QED) is 0.525. The number of nitrogens with zero attached hydrogens (tertiary/aromatic N) is 1. The minimum atomic E-state index is 0.608. The standard InChI is InChI=1S/C13H19NO2.C12H15NO.2C2H2/c1-3-16-13-11(10-7-8-14-9-10)5-4-6-12(13)15-2;14-10-13-8-6-12(7-9-13)11-4-2-1-3-5-11;2*1-2/h4-6,10,14H,3,7-9H2,1-2H3;1-5,10,12H,6-9H2;2*1-2H/p+1/t10-;;;/m0.../s1. The van der Waals surface area contributed by atoms with Crippen molar-refractivity contribution in [3.63, 3.8) is 0 Å². The van der Waals surface area contributed by atoms with Crippen LogP contribution in [-0.4, -0.2) is 51.2 Å². The van der Waals surface area contributed by atoms with Gasteiger partial charge in [0, 0.05) is 31.0 Å². The van der Waals surface area contributed by atoms with Gasteiger partial charge in [-0.25, -0.2) is 0 Å². The molecular weight excluding hydrogens is 424 g/mol. The first-order valence-corrected chi connectivity index (χ1v) is 11.8. The van der Waals surface area contributed by atoms with E-state index in [4.69, 9.17) is 9.47 Å². The maximum atomic E-state index is 10.5. The van der Waals surface area contributed by atoms with Crippen molar-refractivity contribution in [1.82, 2.24) is 4.90 Å². The fraction of sp³-hybridized carbons (Fsp3) is 0.414. The number of benzene rings is 2. The fourth-order valence-electron chi connectivity index (χ4n) is 4.42. The normalized spacial score (nSPS) is 16.9. The van der Waals surface area contributed by atoms with Crippen LogP contribution in [0.15, 0.2) is 48.5 Å². The van der Waals surface area contributed by atoms with Crippen LogP contribution < -0.4 is 14.8 Å². The highest BCUT2D eigenvalue weighted by atomic mass is 16.5. The number of amides is 1. The smallest absolute Gasteiger partial charge is 0.209 e. The zero-order valence-corrected chi connectivity index (χ0v) is 20.6. The molecule has 0 unspecified atom stereocenters. The molecular formula is C29H39N2O3+. The van der Waals surface area contributed by atoms with Crippen LogP contribution in [0.2, 0.25) is 0 Å². The van der Waals surface area contributed by atoms with E-state index in [1.165, 1.54) is 24.1 Å². The minimum absolute atomic E-state index is 0.608. The molecule has 0 aromatic heterocycles. The highest BCUT2D eigenvalue weighted by Crippen LogP contribution is 2.37. The summed E-state index contributed by atoms with van der Waals surface area (Å²) in [7, 11) is 1.70. The van der Waals surface area contributed by atoms with Gasteiger partial charge in [-0.15, -0.1) is 25.7 Å². The van der Waals surface area contributed by atoms with Crippen molar-refractivity contribution >= 4 is 6.41 Å². The summed E-state index contributed by atoms with van der Waals surface area (Å²) in [4.78, 5) is 12.4. The number of likely N-dealkylation sites (tertiary alicyclic amines) is 1. The molecule has 1 amide bonds. The summed E-state index contributed by atoms with van der Waals surface area (Å²) >= 11 is 0. The van der Waals surface area contributed by atoms with Gasteiger partial charge in [-0.05, 0) is 37.3 Å². The van der Waals surface area contributed by atoms with Crippen LogP contribution in [0.4, 0.5) is 0 Å². The van der Waals surface area contributed by atoms with E-state index in [2.05, 4.69) is 67.4 Å². The summed E-state index contributed by atoms with van der Waals surface area (Å²) in [6.07, 6.45) is 20.4. The number of hydrogen-bond acceptors (Lipinski definition) is 3. The average molecular weight is 464 g/mol. The van der Waals surface area contributed by atoms with Crippen LogP contribution in [-0.2, 0) is 4.79 Å². The van der Waals surface area contributed by atoms with E-state index in [0.717, 1.165) is 50.4 Å². The largest absolute Gasteiger partial charge is 0.493 e. The second kappa shape index (κ2) is 17.1. The third-order valence-electron chi connectivity index (χ3n) is 6.08. The summed E-state index contributed by atoms with van der Waals surface area (Å²) in [6.45, 7) is 6.88. The van der Waals surface area contributed by atoms with E-state index < -0.39 is 0 Å². The lowest BCUT2D eigenvalue weighted by atomic mass is 9.90. The topological polar surface area (TPSA) is 55.4 Å². The Bertz CT molecular complexity index is 843. The number of hydrogen-bond donors (Lipinski definition) is 1. The molecule has 5 nitrogen and oxygen atoms in total. The van der Waals surface area contributed by atoms with Gasteiger partial charge in [-0.3, -0.25) is 4.79 Å². The van der Waals surface area contributed by atoms with Gasteiger partial charge in [0.15, 0.2) is 11.5 Å². The maximum absolute atomic E-state index is 10.5. The van der Waals surface area contributed by atoms with Gasteiger partial charge in [-0.2, -0.15) is 0 Å². The van der Waals surface area contributed by atoms with E-state index in [1.807, 2.05) is 24.0 Å². The van der Waals surface area contributed by atoms with E-state index in [9.17, 15) is 4.79 Å². The molecule has 182 valence electrons. The molecule has 4 rings (SSSR count). The van der Waals surface area contributed by atoms with Crippen LogP contribution in [0.5, 0.6) is 11.5 Å². The van der Waals surface area contributed by atoms with Crippen LogP contribution in [0, 0.1) is 25.7 Å².